The predicted octanol–water partition coefficient (Wildman–Crippen LogP) is 2.12. The number of rotatable bonds is 10. The van der Waals surface area contributed by atoms with Crippen molar-refractivity contribution in [3.05, 3.63) is 23.9 Å². The lowest BCUT2D eigenvalue weighted by Gasteiger charge is -2.19. The zero-order valence-corrected chi connectivity index (χ0v) is 16.2. The van der Waals surface area contributed by atoms with Crippen LogP contribution in [0.1, 0.15) is 39.2 Å². The molecule has 0 bridgehead atoms. The van der Waals surface area contributed by atoms with Gasteiger partial charge in [-0.1, -0.05) is 13.0 Å². The van der Waals surface area contributed by atoms with E-state index in [1.54, 1.807) is 0 Å². The van der Waals surface area contributed by atoms with Crippen molar-refractivity contribution in [1.29, 1.82) is 0 Å². The molecule has 2 unspecified atom stereocenters. The Balaban J connectivity index is 1.80. The van der Waals surface area contributed by atoms with Crippen LogP contribution in [0.25, 0.3) is 0 Å². The molecule has 26 heavy (non-hydrogen) atoms. The lowest BCUT2D eigenvalue weighted by molar-refractivity contribution is 0.0347. The van der Waals surface area contributed by atoms with E-state index < -0.39 is 0 Å². The van der Waals surface area contributed by atoms with Crippen LogP contribution in [-0.2, 0) is 16.0 Å². The van der Waals surface area contributed by atoms with Gasteiger partial charge in [0, 0.05) is 31.5 Å². The molecule has 0 amide bonds. The van der Waals surface area contributed by atoms with Gasteiger partial charge in [0.05, 0.1) is 32.5 Å². The molecule has 1 aromatic heterocycles. The van der Waals surface area contributed by atoms with Crippen molar-refractivity contribution >= 4 is 5.96 Å². The highest BCUT2D eigenvalue weighted by Crippen LogP contribution is 2.09. The second kappa shape index (κ2) is 11.7. The summed E-state index contributed by atoms with van der Waals surface area (Å²) in [7, 11) is 0. The van der Waals surface area contributed by atoms with Crippen LogP contribution in [-0.4, -0.2) is 56.1 Å². The van der Waals surface area contributed by atoms with Crippen LogP contribution in [0.2, 0.25) is 0 Å². The molecule has 7 heteroatoms. The molecule has 1 aromatic rings. The van der Waals surface area contributed by atoms with E-state index in [9.17, 15) is 0 Å². The maximum absolute atomic E-state index is 5.86. The largest absolute Gasteiger partial charge is 0.478 e. The molecular weight excluding hydrogens is 332 g/mol. The first-order chi connectivity index (χ1) is 12.7. The molecule has 0 spiro atoms. The predicted molar refractivity (Wildman–Crippen MR) is 103 cm³/mol. The molecule has 1 saturated heterocycles. The summed E-state index contributed by atoms with van der Waals surface area (Å²) in [6.45, 7) is 10.4. The molecule has 2 atom stereocenters. The molecule has 1 aliphatic rings. The number of guanidine groups is 1. The molecule has 0 saturated carbocycles. The van der Waals surface area contributed by atoms with Crippen LogP contribution in [0.5, 0.6) is 5.88 Å². The number of aliphatic imine (C=N–C) groups is 1. The molecule has 146 valence electrons. The summed E-state index contributed by atoms with van der Waals surface area (Å²) in [6, 6.07) is 4.05. The van der Waals surface area contributed by atoms with E-state index in [1.807, 2.05) is 18.3 Å². The molecule has 1 aliphatic heterocycles. The maximum atomic E-state index is 5.86. The molecule has 2 rings (SSSR count). The molecule has 7 nitrogen and oxygen atoms in total. The average molecular weight is 364 g/mol. The lowest BCUT2D eigenvalue weighted by atomic mass is 10.3. The van der Waals surface area contributed by atoms with Crippen LogP contribution >= 0.6 is 0 Å². The quantitative estimate of drug-likeness (QED) is 0.489. The fourth-order valence-electron chi connectivity index (χ4n) is 2.49. The highest BCUT2D eigenvalue weighted by atomic mass is 16.5. The summed E-state index contributed by atoms with van der Waals surface area (Å²) in [6.07, 6.45) is 3.98. The second-order valence-corrected chi connectivity index (χ2v) is 6.41. The Morgan fingerprint density at radius 3 is 2.96 bits per heavy atom. The topological polar surface area (TPSA) is 77.0 Å². The van der Waals surface area contributed by atoms with Crippen LogP contribution < -0.4 is 15.4 Å². The summed E-state index contributed by atoms with van der Waals surface area (Å²) in [4.78, 5) is 8.94. The molecule has 2 N–H and O–H groups in total. The Labute approximate surface area is 156 Å². The zero-order chi connectivity index (χ0) is 18.6. The van der Waals surface area contributed by atoms with Crippen LogP contribution in [0, 0.1) is 0 Å². The number of nitrogens with zero attached hydrogens (tertiary/aromatic N) is 2. The van der Waals surface area contributed by atoms with Crippen molar-refractivity contribution in [2.24, 2.45) is 4.99 Å². The van der Waals surface area contributed by atoms with Gasteiger partial charge in [0.1, 0.15) is 0 Å². The van der Waals surface area contributed by atoms with E-state index in [-0.39, 0.29) is 12.1 Å². The van der Waals surface area contributed by atoms with Crippen molar-refractivity contribution in [2.45, 2.75) is 52.3 Å². The van der Waals surface area contributed by atoms with E-state index >= 15 is 0 Å². The van der Waals surface area contributed by atoms with E-state index in [4.69, 9.17) is 14.2 Å². The fourth-order valence-corrected chi connectivity index (χ4v) is 2.49. The molecule has 1 fully saturated rings. The Morgan fingerprint density at radius 2 is 2.31 bits per heavy atom. The van der Waals surface area contributed by atoms with E-state index in [1.165, 1.54) is 0 Å². The van der Waals surface area contributed by atoms with Crippen molar-refractivity contribution in [2.75, 3.05) is 33.0 Å². The van der Waals surface area contributed by atoms with Gasteiger partial charge in [0.15, 0.2) is 5.96 Å². The van der Waals surface area contributed by atoms with Gasteiger partial charge in [0.25, 0.3) is 0 Å². The van der Waals surface area contributed by atoms with Gasteiger partial charge in [-0.15, -0.1) is 0 Å². The van der Waals surface area contributed by atoms with E-state index in [0.717, 1.165) is 37.5 Å². The average Bonchev–Trinajstić information content (AvgIpc) is 3.17. The third-order valence-corrected chi connectivity index (χ3v) is 3.87. The third kappa shape index (κ3) is 7.58. The van der Waals surface area contributed by atoms with Crippen molar-refractivity contribution in [3.63, 3.8) is 0 Å². The maximum Gasteiger partial charge on any atom is 0.213 e. The highest BCUT2D eigenvalue weighted by Gasteiger charge is 2.17. The minimum absolute atomic E-state index is 0.163. The first-order valence-corrected chi connectivity index (χ1v) is 9.53. The fraction of sp³-hybridized carbons (Fsp3) is 0.684. The Hall–Kier alpha value is -1.86. The summed E-state index contributed by atoms with van der Waals surface area (Å²) in [5.74, 6) is 1.43. The van der Waals surface area contributed by atoms with Crippen LogP contribution in [0.15, 0.2) is 23.3 Å². The minimum atomic E-state index is 0.163. The highest BCUT2D eigenvalue weighted by molar-refractivity contribution is 5.80. The second-order valence-electron chi connectivity index (χ2n) is 6.41. The minimum Gasteiger partial charge on any atom is -0.478 e. The van der Waals surface area contributed by atoms with Gasteiger partial charge in [-0.3, -0.25) is 0 Å². The first kappa shape index (κ1) is 20.5. The SMILES string of the molecule is CCCOc1ccc(CN=C(NCC)NC(C)COC2CCOC2)cn1. The normalized spacial score (nSPS) is 18.6. The van der Waals surface area contributed by atoms with Gasteiger partial charge in [-0.2, -0.15) is 0 Å². The number of hydrogen-bond donors (Lipinski definition) is 2. The summed E-state index contributed by atoms with van der Waals surface area (Å²) in [5.41, 5.74) is 1.04. The van der Waals surface area contributed by atoms with E-state index in [2.05, 4.69) is 41.4 Å². The number of aromatic nitrogens is 1. The van der Waals surface area contributed by atoms with Crippen molar-refractivity contribution < 1.29 is 14.2 Å². The van der Waals surface area contributed by atoms with Crippen LogP contribution in [0.4, 0.5) is 0 Å². The first-order valence-electron chi connectivity index (χ1n) is 9.53. The Bertz CT molecular complexity index is 530. The van der Waals surface area contributed by atoms with Gasteiger partial charge in [-0.05, 0) is 32.3 Å². The Morgan fingerprint density at radius 1 is 1.42 bits per heavy atom. The van der Waals surface area contributed by atoms with Gasteiger partial charge >= 0.3 is 0 Å². The van der Waals surface area contributed by atoms with Crippen molar-refractivity contribution in [3.8, 4) is 5.88 Å². The van der Waals surface area contributed by atoms with Gasteiger partial charge < -0.3 is 24.8 Å². The summed E-state index contributed by atoms with van der Waals surface area (Å²) in [5, 5.41) is 6.64. The molecule has 0 radical (unpaired) electrons. The van der Waals surface area contributed by atoms with Gasteiger partial charge in [-0.25, -0.2) is 9.98 Å². The monoisotopic (exact) mass is 364 g/mol. The number of nitrogens with one attached hydrogen (secondary N) is 2. The van der Waals surface area contributed by atoms with Crippen molar-refractivity contribution in [1.82, 2.24) is 15.6 Å². The Kier molecular flexibility index (Phi) is 9.20. The smallest absolute Gasteiger partial charge is 0.213 e. The molecular formula is C19H32N4O3. The standard InChI is InChI=1S/C19H32N4O3/c1-4-9-25-18-7-6-16(11-21-18)12-22-19(20-5-2)23-15(3)13-26-17-8-10-24-14-17/h6-7,11,15,17H,4-5,8-10,12-14H2,1-3H3,(H2,20,22,23). The summed E-state index contributed by atoms with van der Waals surface area (Å²) >= 11 is 0. The number of pyridine rings is 1. The third-order valence-electron chi connectivity index (χ3n) is 3.87. The number of hydrogen-bond acceptors (Lipinski definition) is 5. The summed E-state index contributed by atoms with van der Waals surface area (Å²) < 4.78 is 16.7. The molecule has 0 aromatic carbocycles. The lowest BCUT2D eigenvalue weighted by Crippen LogP contribution is -2.44. The van der Waals surface area contributed by atoms with Gasteiger partial charge in [0.2, 0.25) is 5.88 Å². The zero-order valence-electron chi connectivity index (χ0n) is 16.2. The molecule has 2 heterocycles. The molecule has 0 aliphatic carbocycles. The van der Waals surface area contributed by atoms with E-state index in [0.29, 0.717) is 32.2 Å². The van der Waals surface area contributed by atoms with Crippen LogP contribution in [0.3, 0.4) is 0 Å². The number of ether oxygens (including phenoxy) is 3.